The smallest absolute Gasteiger partial charge is 0.122 e. The van der Waals surface area contributed by atoms with Gasteiger partial charge in [0, 0.05) is 19.6 Å². The molecular weight excluding hydrogens is 156 g/mol. The SMILES string of the molecule is C[C@@](O)(CC=O)C1CCOCC1. The maximum atomic E-state index is 10.3. The van der Waals surface area contributed by atoms with Crippen molar-refractivity contribution in [3.63, 3.8) is 0 Å². The fourth-order valence-electron chi connectivity index (χ4n) is 1.65. The quantitative estimate of drug-likeness (QED) is 0.639. The third kappa shape index (κ3) is 2.29. The van der Waals surface area contributed by atoms with Crippen LogP contribution >= 0.6 is 0 Å². The predicted octanol–water partition coefficient (Wildman–Crippen LogP) is 0.753. The molecule has 12 heavy (non-hydrogen) atoms. The molecule has 3 heteroatoms. The van der Waals surface area contributed by atoms with E-state index in [2.05, 4.69) is 0 Å². The summed E-state index contributed by atoms with van der Waals surface area (Å²) in [6, 6.07) is 0. The average molecular weight is 172 g/mol. The average Bonchev–Trinajstić information content (AvgIpc) is 2.06. The van der Waals surface area contributed by atoms with Crippen LogP contribution in [0.5, 0.6) is 0 Å². The first-order valence-corrected chi connectivity index (χ1v) is 4.40. The van der Waals surface area contributed by atoms with E-state index in [1.165, 1.54) is 0 Å². The molecule has 1 saturated heterocycles. The highest BCUT2D eigenvalue weighted by Gasteiger charge is 2.32. The van der Waals surface area contributed by atoms with Gasteiger partial charge in [0.15, 0.2) is 0 Å². The highest BCUT2D eigenvalue weighted by Crippen LogP contribution is 2.28. The number of carbonyl (C=O) groups is 1. The summed E-state index contributed by atoms with van der Waals surface area (Å²) in [6.45, 7) is 3.15. The van der Waals surface area contributed by atoms with Gasteiger partial charge >= 0.3 is 0 Å². The molecule has 0 bridgehead atoms. The molecule has 0 aromatic carbocycles. The first kappa shape index (κ1) is 9.68. The van der Waals surface area contributed by atoms with Crippen molar-refractivity contribution in [2.45, 2.75) is 31.8 Å². The van der Waals surface area contributed by atoms with Crippen molar-refractivity contribution in [3.05, 3.63) is 0 Å². The Balaban J connectivity index is 2.47. The molecule has 1 N–H and O–H groups in total. The van der Waals surface area contributed by atoms with Gasteiger partial charge in [0.2, 0.25) is 0 Å². The second-order valence-electron chi connectivity index (χ2n) is 3.61. The molecule has 0 aromatic heterocycles. The highest BCUT2D eigenvalue weighted by atomic mass is 16.5. The molecule has 0 aromatic rings. The number of aldehydes is 1. The largest absolute Gasteiger partial charge is 0.389 e. The summed E-state index contributed by atoms with van der Waals surface area (Å²) in [5.41, 5.74) is -0.828. The fraction of sp³-hybridized carbons (Fsp3) is 0.889. The van der Waals surface area contributed by atoms with Gasteiger partial charge in [-0.25, -0.2) is 0 Å². The van der Waals surface area contributed by atoms with Crippen LogP contribution in [0.15, 0.2) is 0 Å². The van der Waals surface area contributed by atoms with Crippen LogP contribution in [-0.4, -0.2) is 30.2 Å². The molecule has 0 unspecified atom stereocenters. The van der Waals surface area contributed by atoms with Crippen LogP contribution in [0.2, 0.25) is 0 Å². The predicted molar refractivity (Wildman–Crippen MR) is 44.8 cm³/mol. The Morgan fingerprint density at radius 3 is 2.67 bits per heavy atom. The fourth-order valence-corrected chi connectivity index (χ4v) is 1.65. The lowest BCUT2D eigenvalue weighted by Gasteiger charge is -2.34. The van der Waals surface area contributed by atoms with Crippen molar-refractivity contribution in [2.75, 3.05) is 13.2 Å². The van der Waals surface area contributed by atoms with Crippen molar-refractivity contribution in [1.82, 2.24) is 0 Å². The molecule has 70 valence electrons. The lowest BCUT2D eigenvalue weighted by atomic mass is 9.81. The minimum absolute atomic E-state index is 0.219. The number of hydrogen-bond acceptors (Lipinski definition) is 3. The van der Waals surface area contributed by atoms with Crippen LogP contribution in [-0.2, 0) is 9.53 Å². The molecule has 1 fully saturated rings. The molecule has 0 amide bonds. The van der Waals surface area contributed by atoms with Crippen molar-refractivity contribution >= 4 is 6.29 Å². The number of hydrogen-bond donors (Lipinski definition) is 1. The summed E-state index contributed by atoms with van der Waals surface area (Å²) >= 11 is 0. The Bertz CT molecular complexity index is 148. The topological polar surface area (TPSA) is 46.5 Å². The number of rotatable bonds is 3. The van der Waals surface area contributed by atoms with Crippen LogP contribution in [0, 0.1) is 5.92 Å². The van der Waals surface area contributed by atoms with Gasteiger partial charge in [0.1, 0.15) is 6.29 Å². The summed E-state index contributed by atoms with van der Waals surface area (Å²) in [4.78, 5) is 10.3. The van der Waals surface area contributed by atoms with E-state index < -0.39 is 5.60 Å². The van der Waals surface area contributed by atoms with Gasteiger partial charge in [-0.15, -0.1) is 0 Å². The third-order valence-corrected chi connectivity index (χ3v) is 2.60. The number of carbonyl (C=O) groups excluding carboxylic acids is 1. The van der Waals surface area contributed by atoms with E-state index in [1.54, 1.807) is 6.92 Å². The summed E-state index contributed by atoms with van der Waals surface area (Å²) in [5, 5.41) is 9.85. The highest BCUT2D eigenvalue weighted by molar-refractivity contribution is 5.51. The summed E-state index contributed by atoms with van der Waals surface area (Å²) < 4.78 is 5.17. The van der Waals surface area contributed by atoms with Crippen LogP contribution < -0.4 is 0 Å². The lowest BCUT2D eigenvalue weighted by Crippen LogP contribution is -2.38. The second kappa shape index (κ2) is 4.01. The first-order chi connectivity index (χ1) is 5.67. The van der Waals surface area contributed by atoms with E-state index in [9.17, 15) is 9.90 Å². The van der Waals surface area contributed by atoms with Gasteiger partial charge < -0.3 is 14.6 Å². The van der Waals surface area contributed by atoms with Gasteiger partial charge in [-0.1, -0.05) is 0 Å². The summed E-state index contributed by atoms with van der Waals surface area (Å²) in [5.74, 6) is 0.219. The van der Waals surface area contributed by atoms with Gasteiger partial charge in [0.25, 0.3) is 0 Å². The normalized spacial score (nSPS) is 24.8. The molecule has 0 radical (unpaired) electrons. The van der Waals surface area contributed by atoms with Crippen molar-refractivity contribution in [2.24, 2.45) is 5.92 Å². The van der Waals surface area contributed by atoms with E-state index >= 15 is 0 Å². The maximum absolute atomic E-state index is 10.3. The Hall–Kier alpha value is -0.410. The van der Waals surface area contributed by atoms with E-state index in [1.807, 2.05) is 0 Å². The Labute approximate surface area is 72.7 Å². The number of ether oxygens (including phenoxy) is 1. The molecule has 3 nitrogen and oxygen atoms in total. The molecule has 1 atom stereocenters. The van der Waals surface area contributed by atoms with Crippen LogP contribution in [0.4, 0.5) is 0 Å². The minimum atomic E-state index is -0.828. The molecule has 1 rings (SSSR count). The molecule has 1 heterocycles. The van der Waals surface area contributed by atoms with Gasteiger partial charge in [0.05, 0.1) is 5.60 Å². The second-order valence-corrected chi connectivity index (χ2v) is 3.61. The Morgan fingerprint density at radius 1 is 1.58 bits per heavy atom. The zero-order chi connectivity index (χ0) is 9.03. The lowest BCUT2D eigenvalue weighted by molar-refractivity contribution is -0.116. The van der Waals surface area contributed by atoms with E-state index in [0.717, 1.165) is 19.1 Å². The van der Waals surface area contributed by atoms with Gasteiger partial charge in [-0.2, -0.15) is 0 Å². The van der Waals surface area contributed by atoms with Crippen LogP contribution in [0.1, 0.15) is 26.2 Å². The van der Waals surface area contributed by atoms with Gasteiger partial charge in [-0.05, 0) is 25.7 Å². The van der Waals surface area contributed by atoms with Crippen molar-refractivity contribution in [1.29, 1.82) is 0 Å². The van der Waals surface area contributed by atoms with Crippen LogP contribution in [0.3, 0.4) is 0 Å². The molecule has 0 saturated carbocycles. The van der Waals surface area contributed by atoms with Crippen molar-refractivity contribution in [3.8, 4) is 0 Å². The van der Waals surface area contributed by atoms with E-state index in [4.69, 9.17) is 4.74 Å². The van der Waals surface area contributed by atoms with Crippen LogP contribution in [0.25, 0.3) is 0 Å². The summed E-state index contributed by atoms with van der Waals surface area (Å²) in [6.07, 6.45) is 2.74. The Kier molecular flexibility index (Phi) is 3.23. The zero-order valence-electron chi connectivity index (χ0n) is 7.45. The molecule has 1 aliphatic rings. The first-order valence-electron chi connectivity index (χ1n) is 4.40. The Morgan fingerprint density at radius 2 is 2.17 bits per heavy atom. The molecule has 0 spiro atoms. The monoisotopic (exact) mass is 172 g/mol. The molecule has 1 aliphatic heterocycles. The standard InChI is InChI=1S/C9H16O3/c1-9(11,4-5-10)8-2-6-12-7-3-8/h5,8,11H,2-4,6-7H2,1H3/t9-/m1/s1. The maximum Gasteiger partial charge on any atom is 0.122 e. The third-order valence-electron chi connectivity index (χ3n) is 2.60. The van der Waals surface area contributed by atoms with Gasteiger partial charge in [-0.3, -0.25) is 0 Å². The molecular formula is C9H16O3. The van der Waals surface area contributed by atoms with Crippen molar-refractivity contribution < 1.29 is 14.6 Å². The number of aliphatic hydroxyl groups is 1. The molecule has 0 aliphatic carbocycles. The zero-order valence-corrected chi connectivity index (χ0v) is 7.45. The van der Waals surface area contributed by atoms with E-state index in [0.29, 0.717) is 13.2 Å². The van der Waals surface area contributed by atoms with E-state index in [-0.39, 0.29) is 12.3 Å². The minimum Gasteiger partial charge on any atom is -0.389 e. The summed E-state index contributed by atoms with van der Waals surface area (Å²) in [7, 11) is 0.